The van der Waals surface area contributed by atoms with Gasteiger partial charge in [-0.25, -0.2) is 0 Å². The van der Waals surface area contributed by atoms with Crippen molar-refractivity contribution in [2.24, 2.45) is 7.05 Å². The number of nitrogens with zero attached hydrogens (tertiary/aromatic N) is 2. The van der Waals surface area contributed by atoms with E-state index in [2.05, 4.69) is 28.2 Å². The van der Waals surface area contributed by atoms with Gasteiger partial charge in [-0.15, -0.1) is 0 Å². The lowest BCUT2D eigenvalue weighted by atomic mass is 10.00. The third-order valence-electron chi connectivity index (χ3n) is 7.20. The Balaban J connectivity index is 1.36. The Morgan fingerprint density at radius 3 is 2.49 bits per heavy atom. The van der Waals surface area contributed by atoms with Crippen LogP contribution in [0.15, 0.2) is 79.0 Å². The summed E-state index contributed by atoms with van der Waals surface area (Å²) >= 11 is 0. The van der Waals surface area contributed by atoms with Gasteiger partial charge < -0.3 is 19.5 Å². The average Bonchev–Trinajstić information content (AvgIpc) is 3.17. The smallest absolute Gasteiger partial charge is 0.416 e. The highest BCUT2D eigenvalue weighted by Crippen LogP contribution is 2.39. The van der Waals surface area contributed by atoms with Gasteiger partial charge in [0.25, 0.3) is 5.91 Å². The maximum Gasteiger partial charge on any atom is 0.416 e. The average molecular weight is 534 g/mol. The molecule has 1 aliphatic heterocycles. The second-order valence-electron chi connectivity index (χ2n) is 9.59. The molecule has 0 fully saturated rings. The van der Waals surface area contributed by atoms with Crippen molar-refractivity contribution in [3.8, 4) is 5.75 Å². The lowest BCUT2D eigenvalue weighted by Gasteiger charge is -2.26. The number of hydrogen-bond acceptors (Lipinski definition) is 3. The van der Waals surface area contributed by atoms with Gasteiger partial charge in [0.2, 0.25) is 0 Å². The molecule has 2 heterocycles. The van der Waals surface area contributed by atoms with Crippen molar-refractivity contribution in [2.45, 2.75) is 19.0 Å². The molecule has 5 nitrogen and oxygen atoms in total. The van der Waals surface area contributed by atoms with E-state index in [4.69, 9.17) is 4.74 Å². The van der Waals surface area contributed by atoms with E-state index in [0.29, 0.717) is 35.7 Å². The summed E-state index contributed by atoms with van der Waals surface area (Å²) in [4.78, 5) is 15.2. The standard InChI is InChI=1S/C31H30F3N3O2/c1-36-20-22(24-6-3-4-8-28(24)36)16-17-35-18-19-37-29-9-5-7-27(31(32,33)34)26(29)15-14-25(30(37)38)21-10-12-23(39-2)13-11-21/h3-14,20,35H,15-19H2,1-2H3. The van der Waals surface area contributed by atoms with Crippen LogP contribution in [0.4, 0.5) is 18.9 Å². The molecule has 0 aliphatic carbocycles. The fourth-order valence-electron chi connectivity index (χ4n) is 5.25. The van der Waals surface area contributed by atoms with Crippen LogP contribution in [0, 0.1) is 0 Å². The molecule has 0 spiro atoms. The Labute approximate surface area is 225 Å². The number of halogens is 3. The number of carbonyl (C=O) groups excluding carboxylic acids is 1. The second-order valence-corrected chi connectivity index (χ2v) is 9.59. The summed E-state index contributed by atoms with van der Waals surface area (Å²) in [6, 6.07) is 19.2. The first-order valence-corrected chi connectivity index (χ1v) is 12.9. The number of alkyl halides is 3. The molecule has 0 atom stereocenters. The minimum absolute atomic E-state index is 0.00310. The third kappa shape index (κ3) is 5.43. The summed E-state index contributed by atoms with van der Waals surface area (Å²) in [6.45, 7) is 1.34. The Bertz CT molecular complexity index is 1520. The van der Waals surface area contributed by atoms with E-state index in [0.717, 1.165) is 18.0 Å². The Morgan fingerprint density at radius 1 is 0.974 bits per heavy atom. The maximum atomic E-state index is 13.9. The molecule has 8 heteroatoms. The minimum Gasteiger partial charge on any atom is -0.497 e. The highest BCUT2D eigenvalue weighted by atomic mass is 19.4. The summed E-state index contributed by atoms with van der Waals surface area (Å²) in [5, 5.41) is 4.58. The molecule has 3 aromatic carbocycles. The predicted octanol–water partition coefficient (Wildman–Crippen LogP) is 6.01. The summed E-state index contributed by atoms with van der Waals surface area (Å²) in [7, 11) is 3.57. The maximum absolute atomic E-state index is 13.9. The van der Waals surface area contributed by atoms with Crippen LogP contribution in [0.1, 0.15) is 22.3 Å². The van der Waals surface area contributed by atoms with E-state index in [1.165, 1.54) is 21.9 Å². The van der Waals surface area contributed by atoms with Crippen molar-refractivity contribution in [3.63, 3.8) is 0 Å². The Kier molecular flexibility index (Phi) is 7.48. The van der Waals surface area contributed by atoms with Gasteiger partial charge in [0.1, 0.15) is 5.75 Å². The predicted molar refractivity (Wildman–Crippen MR) is 148 cm³/mol. The molecule has 1 N–H and O–H groups in total. The minimum atomic E-state index is -4.52. The summed E-state index contributed by atoms with van der Waals surface area (Å²) in [6.07, 6.45) is -0.00284. The van der Waals surface area contributed by atoms with E-state index in [-0.39, 0.29) is 24.4 Å². The number of aromatic nitrogens is 1. The molecule has 5 rings (SSSR count). The molecule has 202 valence electrons. The number of nitrogens with one attached hydrogen (secondary N) is 1. The van der Waals surface area contributed by atoms with E-state index in [9.17, 15) is 18.0 Å². The number of ether oxygens (including phenoxy) is 1. The number of para-hydroxylation sites is 1. The molecule has 0 bridgehead atoms. The zero-order valence-corrected chi connectivity index (χ0v) is 21.9. The highest BCUT2D eigenvalue weighted by Gasteiger charge is 2.36. The van der Waals surface area contributed by atoms with Gasteiger partial charge in [0, 0.05) is 48.5 Å². The van der Waals surface area contributed by atoms with Gasteiger partial charge in [-0.3, -0.25) is 4.79 Å². The van der Waals surface area contributed by atoms with Crippen molar-refractivity contribution in [1.29, 1.82) is 0 Å². The number of benzene rings is 3. The first kappa shape index (κ1) is 26.6. The molecule has 4 aromatic rings. The Hall–Kier alpha value is -4.04. The van der Waals surface area contributed by atoms with Crippen molar-refractivity contribution >= 4 is 28.1 Å². The van der Waals surface area contributed by atoms with E-state index >= 15 is 0 Å². The fourth-order valence-corrected chi connectivity index (χ4v) is 5.25. The van der Waals surface area contributed by atoms with Gasteiger partial charge in [0.15, 0.2) is 0 Å². The van der Waals surface area contributed by atoms with Crippen LogP contribution >= 0.6 is 0 Å². The molecule has 1 aliphatic rings. The number of anilines is 1. The van der Waals surface area contributed by atoms with Crippen LogP contribution in [0.3, 0.4) is 0 Å². The molecular formula is C31H30F3N3O2. The third-order valence-corrected chi connectivity index (χ3v) is 7.20. The van der Waals surface area contributed by atoms with Crippen LogP contribution in [0.25, 0.3) is 16.5 Å². The molecular weight excluding hydrogens is 503 g/mol. The van der Waals surface area contributed by atoms with Crippen LogP contribution < -0.4 is 15.0 Å². The molecule has 0 radical (unpaired) electrons. The van der Waals surface area contributed by atoms with Crippen molar-refractivity contribution in [2.75, 3.05) is 31.6 Å². The zero-order chi connectivity index (χ0) is 27.6. The van der Waals surface area contributed by atoms with Crippen LogP contribution in [0.5, 0.6) is 5.75 Å². The SMILES string of the molecule is COc1ccc(C2=CCc3c(cccc3C(F)(F)F)N(CCNCCc3cn(C)c4ccccc34)C2=O)cc1. The number of fused-ring (bicyclic) bond motifs is 2. The van der Waals surface area contributed by atoms with Gasteiger partial charge >= 0.3 is 6.18 Å². The number of allylic oxidation sites excluding steroid dienone is 1. The number of methoxy groups -OCH3 is 1. The fraction of sp³-hybridized carbons (Fsp3) is 0.258. The van der Waals surface area contributed by atoms with Crippen LogP contribution in [-0.4, -0.2) is 37.2 Å². The largest absolute Gasteiger partial charge is 0.497 e. The number of rotatable bonds is 8. The zero-order valence-electron chi connectivity index (χ0n) is 21.9. The highest BCUT2D eigenvalue weighted by molar-refractivity contribution is 6.27. The normalized spacial score (nSPS) is 13.8. The molecule has 39 heavy (non-hydrogen) atoms. The molecule has 1 amide bonds. The van der Waals surface area contributed by atoms with Gasteiger partial charge in [-0.2, -0.15) is 13.2 Å². The number of aryl methyl sites for hydroxylation is 1. The van der Waals surface area contributed by atoms with Crippen LogP contribution in [-0.2, 0) is 30.9 Å². The molecule has 0 unspecified atom stereocenters. The molecule has 1 aromatic heterocycles. The monoisotopic (exact) mass is 533 g/mol. The molecule has 0 saturated carbocycles. The van der Waals surface area contributed by atoms with Gasteiger partial charge in [-0.1, -0.05) is 42.5 Å². The quantitative estimate of drug-likeness (QED) is 0.282. The van der Waals surface area contributed by atoms with Gasteiger partial charge in [0.05, 0.1) is 12.7 Å². The van der Waals surface area contributed by atoms with E-state index < -0.39 is 11.7 Å². The summed E-state index contributed by atoms with van der Waals surface area (Å²) in [5.41, 5.74) is 3.08. The number of amides is 1. The topological polar surface area (TPSA) is 46.5 Å². The van der Waals surface area contributed by atoms with E-state index in [1.54, 1.807) is 43.5 Å². The van der Waals surface area contributed by atoms with Gasteiger partial charge in [-0.05, 0) is 66.4 Å². The first-order chi connectivity index (χ1) is 18.8. The van der Waals surface area contributed by atoms with Crippen molar-refractivity contribution < 1.29 is 22.7 Å². The molecule has 0 saturated heterocycles. The number of carbonyl (C=O) groups is 1. The summed E-state index contributed by atoms with van der Waals surface area (Å²) in [5.74, 6) is 0.310. The lowest BCUT2D eigenvalue weighted by molar-refractivity contribution is -0.138. The second kappa shape index (κ2) is 11.0. The first-order valence-electron chi connectivity index (χ1n) is 12.9. The van der Waals surface area contributed by atoms with E-state index in [1.807, 2.05) is 19.2 Å². The van der Waals surface area contributed by atoms with Crippen LogP contribution in [0.2, 0.25) is 0 Å². The Morgan fingerprint density at radius 2 is 1.74 bits per heavy atom. The van der Waals surface area contributed by atoms with Crippen molar-refractivity contribution in [3.05, 3.63) is 101 Å². The van der Waals surface area contributed by atoms with Crippen molar-refractivity contribution in [1.82, 2.24) is 9.88 Å². The number of hydrogen-bond donors (Lipinski definition) is 1. The summed E-state index contributed by atoms with van der Waals surface area (Å²) < 4.78 is 49.0. The lowest BCUT2D eigenvalue weighted by Crippen LogP contribution is -2.38.